The minimum atomic E-state index is -1.14. The minimum absolute atomic E-state index is 0.0357. The highest BCUT2D eigenvalue weighted by Crippen LogP contribution is 2.24. The van der Waals surface area contributed by atoms with Crippen molar-refractivity contribution >= 4 is 0 Å². The molecule has 0 aliphatic heterocycles. The predicted molar refractivity (Wildman–Crippen MR) is 80.5 cm³/mol. The number of benzene rings is 2. The maximum atomic E-state index is 13.8. The third-order valence-corrected chi connectivity index (χ3v) is 3.38. The van der Waals surface area contributed by atoms with Crippen LogP contribution in [0.5, 0.6) is 5.75 Å². The van der Waals surface area contributed by atoms with Crippen molar-refractivity contribution in [1.29, 1.82) is 0 Å². The van der Waals surface area contributed by atoms with Crippen LogP contribution in [0.3, 0.4) is 0 Å². The lowest BCUT2D eigenvalue weighted by molar-refractivity contribution is 0.00749. The first kappa shape index (κ1) is 15.5. The molecule has 0 spiro atoms. The maximum Gasteiger partial charge on any atom is 0.131 e. The Morgan fingerprint density at radius 3 is 2.48 bits per heavy atom. The van der Waals surface area contributed by atoms with Gasteiger partial charge in [0, 0.05) is 17.7 Å². The van der Waals surface area contributed by atoms with Gasteiger partial charge < -0.3 is 15.6 Å². The Morgan fingerprint density at radius 2 is 1.90 bits per heavy atom. The fraction of sp³-hybridized carbons (Fsp3) is 0.294. The summed E-state index contributed by atoms with van der Waals surface area (Å²) in [5, 5.41) is 10.4. The maximum absolute atomic E-state index is 13.8. The van der Waals surface area contributed by atoms with Crippen LogP contribution in [0, 0.1) is 5.82 Å². The molecule has 0 aromatic heterocycles. The fourth-order valence-electron chi connectivity index (χ4n) is 2.07. The molecule has 2 aromatic carbocycles. The van der Waals surface area contributed by atoms with Gasteiger partial charge in [-0.25, -0.2) is 4.39 Å². The smallest absolute Gasteiger partial charge is 0.131 e. The zero-order valence-corrected chi connectivity index (χ0v) is 12.2. The lowest BCUT2D eigenvalue weighted by Gasteiger charge is -2.24. The fourth-order valence-corrected chi connectivity index (χ4v) is 2.07. The minimum Gasteiger partial charge on any atom is -0.490 e. The molecule has 0 bridgehead atoms. The molecule has 0 amide bonds. The Kier molecular flexibility index (Phi) is 4.60. The van der Waals surface area contributed by atoms with E-state index in [4.69, 9.17) is 10.5 Å². The molecule has 0 aliphatic rings. The van der Waals surface area contributed by atoms with Crippen LogP contribution in [0.25, 0.3) is 0 Å². The molecule has 112 valence electrons. The molecule has 0 fully saturated rings. The molecule has 0 radical (unpaired) electrons. The van der Waals surface area contributed by atoms with E-state index in [0.29, 0.717) is 11.3 Å². The Bertz CT molecular complexity index is 597. The van der Waals surface area contributed by atoms with Crippen molar-refractivity contribution < 1.29 is 14.2 Å². The number of aliphatic hydroxyl groups is 1. The molecule has 21 heavy (non-hydrogen) atoms. The molecule has 2 aromatic rings. The van der Waals surface area contributed by atoms with Gasteiger partial charge in [0.2, 0.25) is 0 Å². The summed E-state index contributed by atoms with van der Waals surface area (Å²) in [6, 6.07) is 13.4. The lowest BCUT2D eigenvalue weighted by Crippen LogP contribution is -2.29. The first-order valence-electron chi connectivity index (χ1n) is 6.86. The Balaban J connectivity index is 2.08. The summed E-state index contributed by atoms with van der Waals surface area (Å²) >= 11 is 0. The van der Waals surface area contributed by atoms with Crippen LogP contribution < -0.4 is 10.5 Å². The topological polar surface area (TPSA) is 55.5 Å². The molecule has 3 N–H and O–H groups in total. The van der Waals surface area contributed by atoms with E-state index in [-0.39, 0.29) is 12.6 Å². The van der Waals surface area contributed by atoms with E-state index in [1.807, 2.05) is 30.3 Å². The molecule has 0 saturated carbocycles. The zero-order chi connectivity index (χ0) is 15.5. The third-order valence-electron chi connectivity index (χ3n) is 3.38. The van der Waals surface area contributed by atoms with Gasteiger partial charge in [-0.15, -0.1) is 0 Å². The quantitative estimate of drug-likeness (QED) is 0.889. The van der Waals surface area contributed by atoms with Crippen molar-refractivity contribution in [3.8, 4) is 5.75 Å². The average Bonchev–Trinajstić information content (AvgIpc) is 2.46. The van der Waals surface area contributed by atoms with Gasteiger partial charge in [-0.1, -0.05) is 36.4 Å². The highest BCUT2D eigenvalue weighted by molar-refractivity contribution is 5.31. The van der Waals surface area contributed by atoms with E-state index in [2.05, 4.69) is 0 Å². The van der Waals surface area contributed by atoms with Crippen molar-refractivity contribution in [3.63, 3.8) is 0 Å². The van der Waals surface area contributed by atoms with Crippen LogP contribution in [-0.2, 0) is 5.60 Å². The van der Waals surface area contributed by atoms with E-state index in [1.54, 1.807) is 26.0 Å². The van der Waals surface area contributed by atoms with Crippen LogP contribution in [0.1, 0.15) is 31.0 Å². The molecule has 0 aliphatic carbocycles. The van der Waals surface area contributed by atoms with E-state index in [0.717, 1.165) is 5.56 Å². The number of ether oxygens (including phenoxy) is 1. The predicted octanol–water partition coefficient (Wildman–Crippen LogP) is 3.13. The zero-order valence-electron chi connectivity index (χ0n) is 12.2. The average molecular weight is 289 g/mol. The van der Waals surface area contributed by atoms with Gasteiger partial charge in [-0.05, 0) is 25.5 Å². The summed E-state index contributed by atoms with van der Waals surface area (Å²) < 4.78 is 19.3. The summed E-state index contributed by atoms with van der Waals surface area (Å²) in [6.45, 7) is 3.42. The van der Waals surface area contributed by atoms with Gasteiger partial charge in [-0.3, -0.25) is 0 Å². The molecular formula is C17H20FNO2. The Labute approximate surface area is 124 Å². The third kappa shape index (κ3) is 3.80. The van der Waals surface area contributed by atoms with Crippen molar-refractivity contribution in [1.82, 2.24) is 0 Å². The van der Waals surface area contributed by atoms with Crippen LogP contribution >= 0.6 is 0 Å². The summed E-state index contributed by atoms with van der Waals surface area (Å²) in [6.07, 6.45) is 0. The highest BCUT2D eigenvalue weighted by Gasteiger charge is 2.24. The summed E-state index contributed by atoms with van der Waals surface area (Å²) in [7, 11) is 0. The second-order valence-corrected chi connectivity index (χ2v) is 5.40. The molecule has 2 rings (SSSR count). The molecular weight excluding hydrogens is 269 g/mol. The van der Waals surface area contributed by atoms with Crippen LogP contribution in [0.15, 0.2) is 48.5 Å². The number of hydrogen-bond donors (Lipinski definition) is 2. The SMILES string of the molecule is C[C@@H](N)c1ccc(OCC(C)(O)c2ccccc2)cc1F. The van der Waals surface area contributed by atoms with Gasteiger partial charge in [0.25, 0.3) is 0 Å². The van der Waals surface area contributed by atoms with Crippen molar-refractivity contribution in [2.24, 2.45) is 5.73 Å². The standard InChI is InChI=1S/C17H20FNO2/c1-12(19)15-9-8-14(10-16(15)18)21-11-17(2,20)13-6-4-3-5-7-13/h3-10,12,20H,11,19H2,1-2H3/t12-,17?/m1/s1. The Hall–Kier alpha value is -1.91. The highest BCUT2D eigenvalue weighted by atomic mass is 19.1. The van der Waals surface area contributed by atoms with E-state index in [1.165, 1.54) is 6.07 Å². The number of halogens is 1. The normalized spacial score (nSPS) is 15.3. The summed E-state index contributed by atoms with van der Waals surface area (Å²) in [4.78, 5) is 0. The molecule has 0 saturated heterocycles. The van der Waals surface area contributed by atoms with Gasteiger partial charge in [0.05, 0.1) is 0 Å². The molecule has 1 unspecified atom stereocenters. The van der Waals surface area contributed by atoms with Crippen molar-refractivity contribution in [2.75, 3.05) is 6.61 Å². The Morgan fingerprint density at radius 1 is 1.24 bits per heavy atom. The lowest BCUT2D eigenvalue weighted by atomic mass is 9.97. The molecule has 4 heteroatoms. The van der Waals surface area contributed by atoms with Crippen molar-refractivity contribution in [3.05, 3.63) is 65.5 Å². The largest absolute Gasteiger partial charge is 0.490 e. The molecule has 0 heterocycles. The second-order valence-electron chi connectivity index (χ2n) is 5.40. The van der Waals surface area contributed by atoms with Gasteiger partial charge >= 0.3 is 0 Å². The monoisotopic (exact) mass is 289 g/mol. The van der Waals surface area contributed by atoms with Gasteiger partial charge in [-0.2, -0.15) is 0 Å². The number of hydrogen-bond acceptors (Lipinski definition) is 3. The van der Waals surface area contributed by atoms with Crippen LogP contribution in [-0.4, -0.2) is 11.7 Å². The first-order valence-corrected chi connectivity index (χ1v) is 6.86. The number of nitrogens with two attached hydrogens (primary N) is 1. The molecule has 2 atom stereocenters. The second kappa shape index (κ2) is 6.24. The van der Waals surface area contributed by atoms with Gasteiger partial charge in [0.15, 0.2) is 0 Å². The van der Waals surface area contributed by atoms with E-state index >= 15 is 0 Å². The van der Waals surface area contributed by atoms with Crippen molar-refractivity contribution in [2.45, 2.75) is 25.5 Å². The van der Waals surface area contributed by atoms with E-state index in [9.17, 15) is 9.50 Å². The molecule has 3 nitrogen and oxygen atoms in total. The van der Waals surface area contributed by atoms with E-state index < -0.39 is 11.4 Å². The number of rotatable bonds is 5. The van der Waals surface area contributed by atoms with Crippen LogP contribution in [0.4, 0.5) is 4.39 Å². The van der Waals surface area contributed by atoms with Crippen LogP contribution in [0.2, 0.25) is 0 Å². The first-order chi connectivity index (χ1) is 9.90. The summed E-state index contributed by atoms with van der Waals surface area (Å²) in [5.41, 5.74) is 5.71. The summed E-state index contributed by atoms with van der Waals surface area (Å²) in [5.74, 6) is -0.0324. The van der Waals surface area contributed by atoms with Gasteiger partial charge in [0.1, 0.15) is 23.8 Å².